The van der Waals surface area contributed by atoms with E-state index in [2.05, 4.69) is 42.0 Å². The van der Waals surface area contributed by atoms with Crippen LogP contribution in [0.2, 0.25) is 5.15 Å². The number of aromatic nitrogens is 1. The molecule has 0 amide bonds. The predicted molar refractivity (Wildman–Crippen MR) is 106 cm³/mol. The molecule has 2 aromatic rings. The summed E-state index contributed by atoms with van der Waals surface area (Å²) in [5.41, 5.74) is 2.79. The zero-order chi connectivity index (χ0) is 18.7. The van der Waals surface area contributed by atoms with Crippen molar-refractivity contribution in [2.45, 2.75) is 51.8 Å². The van der Waals surface area contributed by atoms with Crippen molar-refractivity contribution >= 4 is 34.7 Å². The van der Waals surface area contributed by atoms with E-state index in [-0.39, 0.29) is 12.1 Å². The van der Waals surface area contributed by atoms with E-state index in [1.807, 2.05) is 18.2 Å². The largest absolute Gasteiger partial charge is 0.463 e. The molecule has 1 saturated heterocycles. The molecule has 3 rings (SSSR count). The van der Waals surface area contributed by atoms with Crippen LogP contribution in [0.25, 0.3) is 10.9 Å². The van der Waals surface area contributed by atoms with Gasteiger partial charge in [0, 0.05) is 30.1 Å². The van der Waals surface area contributed by atoms with Crippen LogP contribution in [0.15, 0.2) is 24.3 Å². The summed E-state index contributed by atoms with van der Waals surface area (Å²) in [5, 5.41) is 5.14. The van der Waals surface area contributed by atoms with Crippen LogP contribution in [0.4, 0.5) is 5.69 Å². The van der Waals surface area contributed by atoms with Crippen molar-refractivity contribution in [1.29, 1.82) is 0 Å². The number of ether oxygens (including phenoxy) is 1. The maximum Gasteiger partial charge on any atom is 0.293 e. The first-order valence-electron chi connectivity index (χ1n) is 9.04. The molecule has 6 heteroatoms. The molecule has 0 spiro atoms. The van der Waals surface area contributed by atoms with Crippen LogP contribution < -0.4 is 10.2 Å². The normalized spacial score (nSPS) is 16.1. The quantitative estimate of drug-likeness (QED) is 0.634. The summed E-state index contributed by atoms with van der Waals surface area (Å²) in [6, 6.07) is 8.47. The summed E-state index contributed by atoms with van der Waals surface area (Å²) in [5.74, 6) is 0. The van der Waals surface area contributed by atoms with Crippen LogP contribution in [0.1, 0.15) is 39.2 Å². The van der Waals surface area contributed by atoms with Gasteiger partial charge >= 0.3 is 0 Å². The molecule has 0 bridgehead atoms. The van der Waals surface area contributed by atoms with E-state index >= 15 is 0 Å². The lowest BCUT2D eigenvalue weighted by atomic mass is 9.98. The predicted octanol–water partition coefficient (Wildman–Crippen LogP) is 3.92. The second-order valence-electron chi connectivity index (χ2n) is 7.81. The summed E-state index contributed by atoms with van der Waals surface area (Å²) in [6.07, 6.45) is 2.11. The average molecular weight is 376 g/mol. The Labute approximate surface area is 159 Å². The molecule has 1 aliphatic heterocycles. The van der Waals surface area contributed by atoms with Crippen LogP contribution in [-0.2, 0) is 16.1 Å². The number of fused-ring (bicyclic) bond motifs is 1. The van der Waals surface area contributed by atoms with E-state index in [1.165, 1.54) is 0 Å². The summed E-state index contributed by atoms with van der Waals surface area (Å²) in [7, 11) is 0. The second kappa shape index (κ2) is 7.80. The number of benzene rings is 1. The number of rotatable bonds is 5. The molecule has 26 heavy (non-hydrogen) atoms. The standard InChI is InChI=1S/C20H26ClN3O2/c1-20(2,3)23-14-8-10-24(11-9-14)18-15-6-4-5-7-17(15)22-19(21)16(18)12-26-13-25/h4-7,13-14,23H,8-12H2,1-3H3. The highest BCUT2D eigenvalue weighted by Gasteiger charge is 2.26. The van der Waals surface area contributed by atoms with Crippen molar-refractivity contribution in [3.8, 4) is 0 Å². The number of nitrogens with one attached hydrogen (secondary N) is 1. The van der Waals surface area contributed by atoms with E-state index in [9.17, 15) is 4.79 Å². The Balaban J connectivity index is 1.92. The number of pyridine rings is 1. The zero-order valence-corrected chi connectivity index (χ0v) is 16.3. The second-order valence-corrected chi connectivity index (χ2v) is 8.17. The molecule has 1 fully saturated rings. The van der Waals surface area contributed by atoms with Gasteiger partial charge in [-0.3, -0.25) is 4.79 Å². The van der Waals surface area contributed by atoms with Crippen molar-refractivity contribution in [2.24, 2.45) is 0 Å². The van der Waals surface area contributed by atoms with Gasteiger partial charge in [-0.1, -0.05) is 29.8 Å². The summed E-state index contributed by atoms with van der Waals surface area (Å²) in [4.78, 5) is 17.5. The van der Waals surface area contributed by atoms with E-state index in [0.29, 0.717) is 17.7 Å². The van der Waals surface area contributed by atoms with Crippen molar-refractivity contribution < 1.29 is 9.53 Å². The van der Waals surface area contributed by atoms with Gasteiger partial charge in [-0.05, 0) is 39.7 Å². The number of anilines is 1. The molecular formula is C20H26ClN3O2. The molecule has 0 unspecified atom stereocenters. The number of piperidine rings is 1. The monoisotopic (exact) mass is 375 g/mol. The van der Waals surface area contributed by atoms with Gasteiger partial charge in [-0.25, -0.2) is 4.98 Å². The van der Waals surface area contributed by atoms with E-state index in [4.69, 9.17) is 16.3 Å². The van der Waals surface area contributed by atoms with Crippen LogP contribution >= 0.6 is 11.6 Å². The number of hydrogen-bond acceptors (Lipinski definition) is 5. The third-order valence-electron chi connectivity index (χ3n) is 4.66. The highest BCUT2D eigenvalue weighted by atomic mass is 35.5. The number of hydrogen-bond donors (Lipinski definition) is 1. The Kier molecular flexibility index (Phi) is 5.68. The van der Waals surface area contributed by atoms with Crippen LogP contribution in [0.5, 0.6) is 0 Å². The molecule has 2 heterocycles. The average Bonchev–Trinajstić information content (AvgIpc) is 2.59. The highest BCUT2D eigenvalue weighted by molar-refractivity contribution is 6.31. The van der Waals surface area contributed by atoms with Gasteiger partial charge in [-0.2, -0.15) is 0 Å². The number of nitrogens with zero attached hydrogens (tertiary/aromatic N) is 2. The molecule has 0 aliphatic carbocycles. The lowest BCUT2D eigenvalue weighted by Gasteiger charge is -2.38. The van der Waals surface area contributed by atoms with Gasteiger partial charge < -0.3 is 15.0 Å². The first kappa shape index (κ1) is 18.9. The van der Waals surface area contributed by atoms with Gasteiger partial charge in [0.25, 0.3) is 6.47 Å². The lowest BCUT2D eigenvalue weighted by molar-refractivity contribution is -0.129. The number of para-hydroxylation sites is 1. The number of halogens is 1. The fourth-order valence-corrected chi connectivity index (χ4v) is 3.91. The van der Waals surface area contributed by atoms with E-state index < -0.39 is 0 Å². The zero-order valence-electron chi connectivity index (χ0n) is 15.6. The maximum absolute atomic E-state index is 10.7. The Bertz CT molecular complexity index is 780. The van der Waals surface area contributed by atoms with Gasteiger partial charge in [0.1, 0.15) is 11.8 Å². The van der Waals surface area contributed by atoms with Crippen molar-refractivity contribution in [3.63, 3.8) is 0 Å². The maximum atomic E-state index is 10.7. The lowest BCUT2D eigenvalue weighted by Crippen LogP contribution is -2.49. The van der Waals surface area contributed by atoms with Crippen molar-refractivity contribution in [3.05, 3.63) is 35.0 Å². The number of carbonyl (C=O) groups excluding carboxylic acids is 1. The molecule has 140 valence electrons. The van der Waals surface area contributed by atoms with Gasteiger partial charge in [0.15, 0.2) is 0 Å². The topological polar surface area (TPSA) is 54.5 Å². The molecule has 0 atom stereocenters. The van der Waals surface area contributed by atoms with Crippen LogP contribution in [0, 0.1) is 0 Å². The summed E-state index contributed by atoms with van der Waals surface area (Å²) in [6.45, 7) is 9.03. The molecule has 0 radical (unpaired) electrons. The third kappa shape index (κ3) is 4.27. The first-order chi connectivity index (χ1) is 12.4. The Morgan fingerprint density at radius 1 is 1.31 bits per heavy atom. The first-order valence-corrected chi connectivity index (χ1v) is 9.42. The third-order valence-corrected chi connectivity index (χ3v) is 4.97. The Hall–Kier alpha value is -1.85. The highest BCUT2D eigenvalue weighted by Crippen LogP contribution is 2.36. The van der Waals surface area contributed by atoms with Gasteiger partial charge in [0.05, 0.1) is 16.8 Å². The molecule has 0 saturated carbocycles. The fraction of sp³-hybridized carbons (Fsp3) is 0.500. The SMILES string of the molecule is CC(C)(C)NC1CCN(c2c(COC=O)c(Cl)nc3ccccc23)CC1. The molecule has 5 nitrogen and oxygen atoms in total. The minimum Gasteiger partial charge on any atom is -0.463 e. The van der Waals surface area contributed by atoms with E-state index in [0.717, 1.165) is 48.1 Å². The van der Waals surface area contributed by atoms with Crippen molar-refractivity contribution in [1.82, 2.24) is 10.3 Å². The summed E-state index contributed by atoms with van der Waals surface area (Å²) < 4.78 is 5.02. The smallest absolute Gasteiger partial charge is 0.293 e. The molecule has 1 aromatic carbocycles. The fourth-order valence-electron chi connectivity index (χ4n) is 3.67. The van der Waals surface area contributed by atoms with Crippen molar-refractivity contribution in [2.75, 3.05) is 18.0 Å². The molecule has 1 aliphatic rings. The Morgan fingerprint density at radius 3 is 2.65 bits per heavy atom. The van der Waals surface area contributed by atoms with Crippen LogP contribution in [-0.4, -0.2) is 36.1 Å². The Morgan fingerprint density at radius 2 is 2.00 bits per heavy atom. The van der Waals surface area contributed by atoms with E-state index in [1.54, 1.807) is 0 Å². The minimum absolute atomic E-state index is 0.114. The minimum atomic E-state index is 0.114. The van der Waals surface area contributed by atoms with Crippen LogP contribution in [0.3, 0.4) is 0 Å². The molecular weight excluding hydrogens is 350 g/mol. The molecule has 1 N–H and O–H groups in total. The number of carbonyl (C=O) groups is 1. The summed E-state index contributed by atoms with van der Waals surface area (Å²) >= 11 is 6.43. The van der Waals surface area contributed by atoms with Gasteiger partial charge in [0.2, 0.25) is 0 Å². The molecule has 1 aromatic heterocycles. The van der Waals surface area contributed by atoms with Gasteiger partial charge in [-0.15, -0.1) is 0 Å².